The zero-order valence-electron chi connectivity index (χ0n) is 13.5. The molecule has 0 atom stereocenters. The molecule has 0 aromatic heterocycles. The van der Waals surface area contributed by atoms with Crippen LogP contribution in [0.2, 0.25) is 10.0 Å². The predicted octanol–water partition coefficient (Wildman–Crippen LogP) is 4.06. The minimum absolute atomic E-state index is 0.245. The van der Waals surface area contributed by atoms with Crippen LogP contribution in [0.5, 0.6) is 5.75 Å². The lowest BCUT2D eigenvalue weighted by atomic mass is 10.2. The predicted molar refractivity (Wildman–Crippen MR) is 93.1 cm³/mol. The molecule has 0 spiro atoms. The summed E-state index contributed by atoms with van der Waals surface area (Å²) in [6, 6.07) is 3.49. The first-order valence-corrected chi connectivity index (χ1v) is 8.52. The number of ether oxygens (including phenoxy) is 2. The fraction of sp³-hybridized carbons (Fsp3) is 0.562. The molecule has 1 fully saturated rings. The number of unbranched alkanes of at least 4 members (excludes halogenated alkanes) is 1. The average Bonchev–Trinajstić information content (AvgIpc) is 2.54. The van der Waals surface area contributed by atoms with Gasteiger partial charge in [-0.25, -0.2) is 4.79 Å². The molecule has 0 saturated carbocycles. The van der Waals surface area contributed by atoms with Crippen molar-refractivity contribution in [2.24, 2.45) is 0 Å². The number of hydrogen-bond acceptors (Lipinski definition) is 4. The molecule has 23 heavy (non-hydrogen) atoms. The lowest BCUT2D eigenvalue weighted by molar-refractivity contribution is 0.0989. The second-order valence-electron chi connectivity index (χ2n) is 5.38. The van der Waals surface area contributed by atoms with Gasteiger partial charge in [-0.1, -0.05) is 36.5 Å². The van der Waals surface area contributed by atoms with E-state index in [4.69, 9.17) is 32.7 Å². The SMILES string of the molecule is CCCCOC(=O)N1CCN(c2c(Cl)cc(OC)cc2Cl)CC1. The van der Waals surface area contributed by atoms with Gasteiger partial charge in [0.15, 0.2) is 0 Å². The summed E-state index contributed by atoms with van der Waals surface area (Å²) in [5.74, 6) is 0.627. The molecule has 1 aliphatic heterocycles. The molecular formula is C16H22Cl2N2O3. The van der Waals surface area contributed by atoms with Crippen molar-refractivity contribution in [1.82, 2.24) is 4.90 Å². The van der Waals surface area contributed by atoms with Crippen LogP contribution in [0.3, 0.4) is 0 Å². The fourth-order valence-electron chi connectivity index (χ4n) is 2.47. The highest BCUT2D eigenvalue weighted by Gasteiger charge is 2.25. The Labute approximate surface area is 147 Å². The van der Waals surface area contributed by atoms with Gasteiger partial charge < -0.3 is 19.3 Å². The number of carbonyl (C=O) groups is 1. The van der Waals surface area contributed by atoms with Gasteiger partial charge in [0.25, 0.3) is 0 Å². The standard InChI is InChI=1S/C16H22Cl2N2O3/c1-3-4-9-23-16(21)20-7-5-19(6-8-20)15-13(17)10-12(22-2)11-14(15)18/h10-11H,3-9H2,1-2H3. The first-order chi connectivity index (χ1) is 11.1. The highest BCUT2D eigenvalue weighted by Crippen LogP contribution is 2.37. The highest BCUT2D eigenvalue weighted by atomic mass is 35.5. The fourth-order valence-corrected chi connectivity index (χ4v) is 3.18. The van der Waals surface area contributed by atoms with E-state index in [1.54, 1.807) is 24.1 Å². The number of rotatable bonds is 5. The van der Waals surface area contributed by atoms with Crippen LogP contribution in [0.4, 0.5) is 10.5 Å². The maximum Gasteiger partial charge on any atom is 0.409 e. The van der Waals surface area contributed by atoms with E-state index in [-0.39, 0.29) is 6.09 Å². The van der Waals surface area contributed by atoms with Gasteiger partial charge >= 0.3 is 6.09 Å². The van der Waals surface area contributed by atoms with Crippen molar-refractivity contribution < 1.29 is 14.3 Å². The minimum atomic E-state index is -0.245. The van der Waals surface area contributed by atoms with Gasteiger partial charge in [0.05, 0.1) is 29.4 Å². The Balaban J connectivity index is 1.95. The first-order valence-electron chi connectivity index (χ1n) is 7.76. The van der Waals surface area contributed by atoms with Crippen molar-refractivity contribution in [1.29, 1.82) is 0 Å². The number of carbonyl (C=O) groups excluding carboxylic acids is 1. The normalized spacial score (nSPS) is 14.8. The maximum absolute atomic E-state index is 12.0. The lowest BCUT2D eigenvalue weighted by Crippen LogP contribution is -2.49. The van der Waals surface area contributed by atoms with Crippen LogP contribution in [-0.4, -0.2) is 50.9 Å². The largest absolute Gasteiger partial charge is 0.497 e. The Kier molecular flexibility index (Phi) is 6.66. The van der Waals surface area contributed by atoms with Crippen LogP contribution < -0.4 is 9.64 Å². The Bertz CT molecular complexity index is 523. The third-order valence-electron chi connectivity index (χ3n) is 3.80. The van der Waals surface area contributed by atoms with Gasteiger partial charge in [-0.15, -0.1) is 0 Å². The number of amides is 1. The molecule has 5 nitrogen and oxygen atoms in total. The Morgan fingerprint density at radius 1 is 1.17 bits per heavy atom. The van der Waals surface area contributed by atoms with Gasteiger partial charge in [-0.2, -0.15) is 0 Å². The van der Waals surface area contributed by atoms with Crippen LogP contribution in [0.1, 0.15) is 19.8 Å². The molecule has 1 amide bonds. The monoisotopic (exact) mass is 360 g/mol. The quantitative estimate of drug-likeness (QED) is 0.742. The van der Waals surface area contributed by atoms with Crippen LogP contribution in [0, 0.1) is 0 Å². The number of hydrogen-bond donors (Lipinski definition) is 0. The number of methoxy groups -OCH3 is 1. The summed E-state index contributed by atoms with van der Waals surface area (Å²) in [4.78, 5) is 15.8. The molecule has 1 saturated heterocycles. The first kappa shape index (κ1) is 18.0. The Morgan fingerprint density at radius 3 is 2.30 bits per heavy atom. The van der Waals surface area contributed by atoms with Gasteiger partial charge in [0.2, 0.25) is 0 Å². The second-order valence-corrected chi connectivity index (χ2v) is 6.20. The molecule has 0 aliphatic carbocycles. The number of nitrogens with zero attached hydrogens (tertiary/aromatic N) is 2. The summed E-state index contributed by atoms with van der Waals surface area (Å²) in [7, 11) is 1.57. The minimum Gasteiger partial charge on any atom is -0.497 e. The summed E-state index contributed by atoms with van der Waals surface area (Å²) in [5, 5.41) is 1.10. The summed E-state index contributed by atoms with van der Waals surface area (Å²) in [5.41, 5.74) is 0.785. The van der Waals surface area contributed by atoms with E-state index in [0.717, 1.165) is 18.5 Å². The summed E-state index contributed by atoms with van der Waals surface area (Å²) in [6.45, 7) is 5.04. The smallest absolute Gasteiger partial charge is 0.409 e. The van der Waals surface area contributed by atoms with E-state index in [1.807, 2.05) is 0 Å². The van der Waals surface area contributed by atoms with Gasteiger partial charge in [-0.05, 0) is 6.42 Å². The molecule has 0 bridgehead atoms. The van der Waals surface area contributed by atoms with Crippen LogP contribution >= 0.6 is 23.2 Å². The van der Waals surface area contributed by atoms with Gasteiger partial charge in [-0.3, -0.25) is 0 Å². The van der Waals surface area contributed by atoms with Crippen molar-refractivity contribution in [3.8, 4) is 5.75 Å². The molecule has 0 radical (unpaired) electrons. The maximum atomic E-state index is 12.0. The summed E-state index contributed by atoms with van der Waals surface area (Å²) in [6.07, 6.45) is 1.66. The number of halogens is 2. The van der Waals surface area contributed by atoms with Crippen LogP contribution in [0.15, 0.2) is 12.1 Å². The molecule has 1 aromatic carbocycles. The molecule has 1 heterocycles. The second kappa shape index (κ2) is 8.50. The summed E-state index contributed by atoms with van der Waals surface area (Å²) >= 11 is 12.6. The van der Waals surface area contributed by atoms with E-state index in [2.05, 4.69) is 11.8 Å². The third kappa shape index (κ3) is 4.58. The Hall–Kier alpha value is -1.33. The van der Waals surface area contributed by atoms with E-state index in [0.29, 0.717) is 48.6 Å². The average molecular weight is 361 g/mol. The highest BCUT2D eigenvalue weighted by molar-refractivity contribution is 6.39. The van der Waals surface area contributed by atoms with Crippen molar-refractivity contribution in [3.05, 3.63) is 22.2 Å². The number of benzene rings is 1. The zero-order chi connectivity index (χ0) is 16.8. The van der Waals surface area contributed by atoms with Crippen molar-refractivity contribution in [3.63, 3.8) is 0 Å². The topological polar surface area (TPSA) is 42.0 Å². The zero-order valence-corrected chi connectivity index (χ0v) is 15.0. The van der Waals surface area contributed by atoms with Crippen molar-refractivity contribution in [2.75, 3.05) is 44.8 Å². The van der Waals surface area contributed by atoms with Crippen LogP contribution in [-0.2, 0) is 4.74 Å². The van der Waals surface area contributed by atoms with E-state index in [1.165, 1.54) is 0 Å². The van der Waals surface area contributed by atoms with Gasteiger partial charge in [0, 0.05) is 38.3 Å². The molecule has 0 unspecified atom stereocenters. The van der Waals surface area contributed by atoms with E-state index >= 15 is 0 Å². The lowest BCUT2D eigenvalue weighted by Gasteiger charge is -2.36. The molecule has 128 valence electrons. The molecule has 7 heteroatoms. The summed E-state index contributed by atoms with van der Waals surface area (Å²) < 4.78 is 10.4. The van der Waals surface area contributed by atoms with Crippen LogP contribution in [0.25, 0.3) is 0 Å². The number of piperazine rings is 1. The molecule has 1 aromatic rings. The Morgan fingerprint density at radius 2 is 1.78 bits per heavy atom. The van der Waals surface area contributed by atoms with Crippen molar-refractivity contribution >= 4 is 35.0 Å². The molecule has 2 rings (SSSR count). The third-order valence-corrected chi connectivity index (χ3v) is 4.38. The van der Waals surface area contributed by atoms with E-state index < -0.39 is 0 Å². The number of anilines is 1. The molecule has 1 aliphatic rings. The molecular weight excluding hydrogens is 339 g/mol. The van der Waals surface area contributed by atoms with Gasteiger partial charge in [0.1, 0.15) is 5.75 Å². The molecule has 0 N–H and O–H groups in total. The van der Waals surface area contributed by atoms with E-state index in [9.17, 15) is 4.79 Å². The van der Waals surface area contributed by atoms with Crippen molar-refractivity contribution in [2.45, 2.75) is 19.8 Å².